The summed E-state index contributed by atoms with van der Waals surface area (Å²) in [4.78, 5) is 14.4. The van der Waals surface area contributed by atoms with Gasteiger partial charge < -0.3 is 10.2 Å². The Morgan fingerprint density at radius 3 is 1.96 bits per heavy atom. The highest BCUT2D eigenvalue weighted by atomic mass is 16.1. The number of hydrogen-bond acceptors (Lipinski definition) is 2. The SMILES string of the molecule is CC(C)N(c1ccccc1)c1ccc(NC(=O)/C=C/c2ccccc2)cc1. The van der Waals surface area contributed by atoms with Crippen LogP contribution >= 0.6 is 0 Å². The zero-order valence-corrected chi connectivity index (χ0v) is 15.7. The molecule has 3 aromatic carbocycles. The fourth-order valence-corrected chi connectivity index (χ4v) is 2.96. The van der Waals surface area contributed by atoms with Gasteiger partial charge in [0.1, 0.15) is 0 Å². The Morgan fingerprint density at radius 1 is 0.815 bits per heavy atom. The molecule has 0 spiro atoms. The van der Waals surface area contributed by atoms with Gasteiger partial charge in [-0.1, -0.05) is 48.5 Å². The Morgan fingerprint density at radius 2 is 1.37 bits per heavy atom. The summed E-state index contributed by atoms with van der Waals surface area (Å²) in [6, 6.07) is 28.3. The number of rotatable bonds is 6. The van der Waals surface area contributed by atoms with E-state index in [0.717, 1.165) is 22.6 Å². The smallest absolute Gasteiger partial charge is 0.248 e. The minimum atomic E-state index is -0.143. The molecule has 0 aliphatic heterocycles. The first-order valence-corrected chi connectivity index (χ1v) is 9.12. The maximum Gasteiger partial charge on any atom is 0.248 e. The molecule has 0 aliphatic rings. The van der Waals surface area contributed by atoms with Crippen LogP contribution in [-0.2, 0) is 4.79 Å². The van der Waals surface area contributed by atoms with E-state index in [1.54, 1.807) is 12.2 Å². The van der Waals surface area contributed by atoms with Crippen LogP contribution in [0.1, 0.15) is 19.4 Å². The van der Waals surface area contributed by atoms with Crippen LogP contribution in [0.4, 0.5) is 17.1 Å². The van der Waals surface area contributed by atoms with Crippen LogP contribution in [0.5, 0.6) is 0 Å². The van der Waals surface area contributed by atoms with Crippen LogP contribution in [0.3, 0.4) is 0 Å². The van der Waals surface area contributed by atoms with Crippen molar-refractivity contribution >= 4 is 29.0 Å². The molecule has 27 heavy (non-hydrogen) atoms. The van der Waals surface area contributed by atoms with Gasteiger partial charge in [-0.2, -0.15) is 0 Å². The van der Waals surface area contributed by atoms with Crippen LogP contribution in [0, 0.1) is 0 Å². The van der Waals surface area contributed by atoms with E-state index in [-0.39, 0.29) is 5.91 Å². The van der Waals surface area contributed by atoms with Gasteiger partial charge >= 0.3 is 0 Å². The molecule has 0 bridgehead atoms. The number of amides is 1. The van der Waals surface area contributed by atoms with Crippen LogP contribution < -0.4 is 10.2 Å². The zero-order chi connectivity index (χ0) is 19.1. The van der Waals surface area contributed by atoms with Crippen molar-refractivity contribution in [2.45, 2.75) is 19.9 Å². The van der Waals surface area contributed by atoms with Gasteiger partial charge in [0.05, 0.1) is 0 Å². The maximum atomic E-state index is 12.1. The van der Waals surface area contributed by atoms with Gasteiger partial charge in [-0.3, -0.25) is 4.79 Å². The average molecular weight is 356 g/mol. The second-order valence-corrected chi connectivity index (χ2v) is 6.58. The molecule has 0 saturated heterocycles. The summed E-state index contributed by atoms with van der Waals surface area (Å²) in [7, 11) is 0. The predicted octanol–water partition coefficient (Wildman–Crippen LogP) is 5.89. The van der Waals surface area contributed by atoms with Crippen molar-refractivity contribution in [3.05, 3.63) is 96.6 Å². The van der Waals surface area contributed by atoms with Gasteiger partial charge in [-0.25, -0.2) is 0 Å². The lowest BCUT2D eigenvalue weighted by Crippen LogP contribution is -2.25. The van der Waals surface area contributed by atoms with Gasteiger partial charge in [0.2, 0.25) is 5.91 Å². The molecular formula is C24H24N2O. The molecule has 0 heterocycles. The molecule has 0 fully saturated rings. The summed E-state index contributed by atoms with van der Waals surface area (Å²) >= 11 is 0. The Bertz CT molecular complexity index is 885. The van der Waals surface area contributed by atoms with E-state index in [0.29, 0.717) is 6.04 Å². The molecule has 1 N–H and O–H groups in total. The van der Waals surface area contributed by atoms with Crippen molar-refractivity contribution in [2.75, 3.05) is 10.2 Å². The number of nitrogens with one attached hydrogen (secondary N) is 1. The van der Waals surface area contributed by atoms with E-state index in [9.17, 15) is 4.79 Å². The third-order valence-corrected chi connectivity index (χ3v) is 4.19. The number of anilines is 3. The fraction of sp³-hybridized carbons (Fsp3) is 0.125. The maximum absolute atomic E-state index is 12.1. The van der Waals surface area contributed by atoms with Crippen molar-refractivity contribution in [3.63, 3.8) is 0 Å². The summed E-state index contributed by atoms with van der Waals surface area (Å²) in [5.74, 6) is -0.143. The van der Waals surface area contributed by atoms with Crippen molar-refractivity contribution < 1.29 is 4.79 Å². The molecule has 3 rings (SSSR count). The van der Waals surface area contributed by atoms with E-state index in [4.69, 9.17) is 0 Å². The number of hydrogen-bond donors (Lipinski definition) is 1. The third-order valence-electron chi connectivity index (χ3n) is 4.19. The molecule has 0 atom stereocenters. The Balaban J connectivity index is 1.69. The first-order valence-electron chi connectivity index (χ1n) is 9.12. The summed E-state index contributed by atoms with van der Waals surface area (Å²) in [6.07, 6.45) is 3.35. The van der Waals surface area contributed by atoms with E-state index < -0.39 is 0 Å². The zero-order valence-electron chi connectivity index (χ0n) is 15.7. The topological polar surface area (TPSA) is 32.3 Å². The molecule has 136 valence electrons. The quantitative estimate of drug-likeness (QED) is 0.559. The highest BCUT2D eigenvalue weighted by Gasteiger charge is 2.12. The first kappa shape index (κ1) is 18.5. The number of para-hydroxylation sites is 1. The summed E-state index contributed by atoms with van der Waals surface area (Å²) in [5.41, 5.74) is 4.01. The van der Waals surface area contributed by atoms with Crippen molar-refractivity contribution in [1.82, 2.24) is 0 Å². The fourth-order valence-electron chi connectivity index (χ4n) is 2.96. The Labute approximate surface area is 161 Å². The molecule has 0 unspecified atom stereocenters. The molecule has 0 saturated carbocycles. The number of nitrogens with zero attached hydrogens (tertiary/aromatic N) is 1. The van der Waals surface area contributed by atoms with Crippen LogP contribution in [0.25, 0.3) is 6.08 Å². The van der Waals surface area contributed by atoms with E-state index >= 15 is 0 Å². The van der Waals surface area contributed by atoms with Crippen molar-refractivity contribution in [3.8, 4) is 0 Å². The lowest BCUT2D eigenvalue weighted by molar-refractivity contribution is -0.111. The lowest BCUT2D eigenvalue weighted by atomic mass is 10.1. The second-order valence-electron chi connectivity index (χ2n) is 6.58. The molecule has 0 aromatic heterocycles. The largest absolute Gasteiger partial charge is 0.339 e. The molecular weight excluding hydrogens is 332 g/mol. The van der Waals surface area contributed by atoms with E-state index in [2.05, 4.69) is 36.2 Å². The van der Waals surface area contributed by atoms with E-state index in [1.807, 2.05) is 72.8 Å². The Kier molecular flexibility index (Phi) is 6.06. The molecule has 0 aliphatic carbocycles. The van der Waals surface area contributed by atoms with Crippen LogP contribution in [-0.4, -0.2) is 11.9 Å². The molecule has 0 radical (unpaired) electrons. The molecule has 3 aromatic rings. The number of benzene rings is 3. The molecule has 3 nitrogen and oxygen atoms in total. The monoisotopic (exact) mass is 356 g/mol. The van der Waals surface area contributed by atoms with Crippen LogP contribution in [0.2, 0.25) is 0 Å². The number of carbonyl (C=O) groups excluding carboxylic acids is 1. The van der Waals surface area contributed by atoms with Gasteiger partial charge in [0.15, 0.2) is 0 Å². The summed E-state index contributed by atoms with van der Waals surface area (Å²) in [5, 5.41) is 2.90. The summed E-state index contributed by atoms with van der Waals surface area (Å²) in [6.45, 7) is 4.33. The summed E-state index contributed by atoms with van der Waals surface area (Å²) < 4.78 is 0. The molecule has 3 heteroatoms. The Hall–Kier alpha value is -3.33. The average Bonchev–Trinajstić information content (AvgIpc) is 2.69. The third kappa shape index (κ3) is 5.08. The molecule has 1 amide bonds. The minimum absolute atomic E-state index is 0.143. The van der Waals surface area contributed by atoms with Gasteiger partial charge in [0.25, 0.3) is 0 Å². The lowest BCUT2D eigenvalue weighted by Gasteiger charge is -2.29. The normalized spacial score (nSPS) is 10.9. The van der Waals surface area contributed by atoms with Gasteiger partial charge in [0, 0.05) is 29.2 Å². The standard InChI is InChI=1S/C24H24N2O/c1-19(2)26(22-11-7-4-8-12-22)23-16-14-21(15-17-23)25-24(27)18-13-20-9-5-3-6-10-20/h3-19H,1-2H3,(H,25,27)/b18-13+. The minimum Gasteiger partial charge on any atom is -0.339 e. The highest BCUT2D eigenvalue weighted by molar-refractivity contribution is 6.02. The van der Waals surface area contributed by atoms with Gasteiger partial charge in [-0.05, 0) is 61.9 Å². The number of carbonyl (C=O) groups is 1. The van der Waals surface area contributed by atoms with Crippen LogP contribution in [0.15, 0.2) is 91.0 Å². The van der Waals surface area contributed by atoms with E-state index in [1.165, 1.54) is 0 Å². The second kappa shape index (κ2) is 8.86. The highest BCUT2D eigenvalue weighted by Crippen LogP contribution is 2.28. The van der Waals surface area contributed by atoms with Crippen molar-refractivity contribution in [1.29, 1.82) is 0 Å². The first-order chi connectivity index (χ1) is 13.1. The van der Waals surface area contributed by atoms with Crippen molar-refractivity contribution in [2.24, 2.45) is 0 Å². The van der Waals surface area contributed by atoms with Gasteiger partial charge in [-0.15, -0.1) is 0 Å². The predicted molar refractivity (Wildman–Crippen MR) is 114 cm³/mol.